The molecule has 0 bridgehead atoms. The number of hydrogen-bond donors (Lipinski definition) is 2. The Morgan fingerprint density at radius 2 is 2.25 bits per heavy atom. The summed E-state index contributed by atoms with van der Waals surface area (Å²) in [7, 11) is 0. The second-order valence-electron chi connectivity index (χ2n) is 4.16. The topological polar surface area (TPSA) is 98.2 Å². The first-order chi connectivity index (χ1) is 9.40. The van der Waals surface area contributed by atoms with Crippen molar-refractivity contribution in [3.63, 3.8) is 0 Å². The number of benzene rings is 1. The van der Waals surface area contributed by atoms with Gasteiger partial charge in [-0.15, -0.1) is 0 Å². The van der Waals surface area contributed by atoms with Crippen molar-refractivity contribution in [1.29, 1.82) is 0 Å². The summed E-state index contributed by atoms with van der Waals surface area (Å²) in [5.74, 6) is -1.54. The van der Waals surface area contributed by atoms with E-state index in [2.05, 4.69) is 27.6 Å². The number of rotatable bonds is 5. The van der Waals surface area contributed by atoms with Gasteiger partial charge < -0.3 is 15.4 Å². The third kappa shape index (κ3) is 3.06. The largest absolute Gasteiger partial charge is 0.481 e. The lowest BCUT2D eigenvalue weighted by molar-refractivity contribution is -0.133. The molecule has 1 heterocycles. The normalized spacial score (nSPS) is 12.5. The predicted molar refractivity (Wildman–Crippen MR) is 84.7 cm³/mol. The van der Waals surface area contributed by atoms with E-state index in [9.17, 15) is 9.59 Å². The standard InChI is InChI=1S/C12H12IN3O3S/c1-6(11(14)19)16-9-3-2-7(13)4-8(9)15-12(16)20-5-10(17)18/h2-4,6H,5H2,1H3,(H2,14,19)(H,17,18). The summed E-state index contributed by atoms with van der Waals surface area (Å²) in [6, 6.07) is 5.05. The van der Waals surface area contributed by atoms with Crippen LogP contribution in [0.25, 0.3) is 11.0 Å². The van der Waals surface area contributed by atoms with Gasteiger partial charge >= 0.3 is 5.97 Å². The maximum atomic E-state index is 11.4. The highest BCUT2D eigenvalue weighted by atomic mass is 127. The number of fused-ring (bicyclic) bond motifs is 1. The van der Waals surface area contributed by atoms with E-state index < -0.39 is 17.9 Å². The Kier molecular flexibility index (Phi) is 4.53. The van der Waals surface area contributed by atoms with Crippen molar-refractivity contribution in [2.24, 2.45) is 5.73 Å². The van der Waals surface area contributed by atoms with Crippen LogP contribution in [-0.4, -0.2) is 32.3 Å². The molecular weight excluding hydrogens is 393 g/mol. The zero-order valence-electron chi connectivity index (χ0n) is 10.5. The highest BCUT2D eigenvalue weighted by Gasteiger charge is 2.20. The van der Waals surface area contributed by atoms with Crippen LogP contribution in [0.15, 0.2) is 23.4 Å². The fourth-order valence-electron chi connectivity index (χ4n) is 1.78. The van der Waals surface area contributed by atoms with Gasteiger partial charge in [0.05, 0.1) is 16.8 Å². The predicted octanol–water partition coefficient (Wildman–Crippen LogP) is 1.86. The Morgan fingerprint density at radius 1 is 1.55 bits per heavy atom. The van der Waals surface area contributed by atoms with E-state index in [4.69, 9.17) is 10.8 Å². The van der Waals surface area contributed by atoms with Crippen LogP contribution < -0.4 is 5.73 Å². The van der Waals surface area contributed by atoms with E-state index in [0.717, 1.165) is 26.4 Å². The minimum absolute atomic E-state index is 0.119. The fourth-order valence-corrected chi connectivity index (χ4v) is 3.07. The van der Waals surface area contributed by atoms with Crippen molar-refractivity contribution in [1.82, 2.24) is 9.55 Å². The lowest BCUT2D eigenvalue weighted by Crippen LogP contribution is -2.24. The molecule has 0 fully saturated rings. The highest BCUT2D eigenvalue weighted by Crippen LogP contribution is 2.28. The third-order valence-corrected chi connectivity index (χ3v) is 4.35. The summed E-state index contributed by atoms with van der Waals surface area (Å²) in [5, 5.41) is 9.26. The van der Waals surface area contributed by atoms with Crippen LogP contribution in [0.4, 0.5) is 0 Å². The van der Waals surface area contributed by atoms with Crippen LogP contribution >= 0.6 is 34.4 Å². The smallest absolute Gasteiger partial charge is 0.313 e. The molecule has 0 saturated carbocycles. The zero-order valence-corrected chi connectivity index (χ0v) is 13.5. The molecule has 0 radical (unpaired) electrons. The monoisotopic (exact) mass is 405 g/mol. The SMILES string of the molecule is CC(C(N)=O)n1c(SCC(=O)O)nc2cc(I)ccc21. The van der Waals surface area contributed by atoms with E-state index in [1.54, 1.807) is 11.5 Å². The summed E-state index contributed by atoms with van der Waals surface area (Å²) < 4.78 is 2.70. The quantitative estimate of drug-likeness (QED) is 0.585. The van der Waals surface area contributed by atoms with Crippen LogP contribution in [0, 0.1) is 3.57 Å². The summed E-state index contributed by atoms with van der Waals surface area (Å²) in [6.45, 7) is 1.67. The molecule has 6 nitrogen and oxygen atoms in total. The van der Waals surface area contributed by atoms with Gasteiger partial charge in [-0.25, -0.2) is 4.98 Å². The number of primary amides is 1. The Hall–Kier alpha value is -1.29. The van der Waals surface area contributed by atoms with E-state index in [1.165, 1.54) is 0 Å². The highest BCUT2D eigenvalue weighted by molar-refractivity contribution is 14.1. The molecule has 2 aromatic rings. The van der Waals surface area contributed by atoms with Crippen molar-refractivity contribution in [2.45, 2.75) is 18.1 Å². The lowest BCUT2D eigenvalue weighted by atomic mass is 10.2. The average molecular weight is 405 g/mol. The first-order valence-electron chi connectivity index (χ1n) is 5.71. The number of carboxylic acid groups (broad SMARTS) is 1. The number of amides is 1. The molecule has 1 amide bonds. The zero-order chi connectivity index (χ0) is 14.9. The Balaban J connectivity index is 2.56. The molecule has 0 aliphatic carbocycles. The van der Waals surface area contributed by atoms with E-state index in [0.29, 0.717) is 5.16 Å². The van der Waals surface area contributed by atoms with Crippen molar-refractivity contribution in [2.75, 3.05) is 5.75 Å². The summed E-state index contributed by atoms with van der Waals surface area (Å²) in [6.07, 6.45) is 0. The van der Waals surface area contributed by atoms with E-state index >= 15 is 0 Å². The van der Waals surface area contributed by atoms with Crippen molar-refractivity contribution in [3.8, 4) is 0 Å². The summed E-state index contributed by atoms with van der Waals surface area (Å²) >= 11 is 3.24. The second kappa shape index (κ2) is 6.00. The number of halogens is 1. The van der Waals surface area contributed by atoms with Gasteiger partial charge in [-0.05, 0) is 47.7 Å². The molecule has 106 valence electrons. The van der Waals surface area contributed by atoms with Gasteiger partial charge in [-0.3, -0.25) is 9.59 Å². The molecule has 1 aromatic heterocycles. The number of nitrogens with two attached hydrogens (primary N) is 1. The van der Waals surface area contributed by atoms with Crippen LogP contribution in [0.2, 0.25) is 0 Å². The Labute approximate surface area is 132 Å². The number of carbonyl (C=O) groups is 2. The lowest BCUT2D eigenvalue weighted by Gasteiger charge is -2.13. The van der Waals surface area contributed by atoms with Crippen LogP contribution in [-0.2, 0) is 9.59 Å². The molecule has 0 aliphatic heterocycles. The molecule has 20 heavy (non-hydrogen) atoms. The minimum atomic E-state index is -0.935. The van der Waals surface area contributed by atoms with Gasteiger partial charge in [0, 0.05) is 3.57 Å². The average Bonchev–Trinajstić information content (AvgIpc) is 2.72. The second-order valence-corrected chi connectivity index (χ2v) is 6.35. The minimum Gasteiger partial charge on any atom is -0.481 e. The molecule has 1 aromatic carbocycles. The molecule has 0 aliphatic rings. The number of nitrogens with zero attached hydrogens (tertiary/aromatic N) is 2. The first kappa shape index (κ1) is 15.1. The number of aliphatic carboxylic acids is 1. The molecule has 0 spiro atoms. The van der Waals surface area contributed by atoms with Gasteiger partial charge in [0.1, 0.15) is 6.04 Å². The first-order valence-corrected chi connectivity index (χ1v) is 7.78. The van der Waals surface area contributed by atoms with E-state index in [-0.39, 0.29) is 5.75 Å². The van der Waals surface area contributed by atoms with Gasteiger partial charge in [-0.2, -0.15) is 0 Å². The number of thioether (sulfide) groups is 1. The molecule has 1 unspecified atom stereocenters. The summed E-state index contributed by atoms with van der Waals surface area (Å²) in [4.78, 5) is 26.6. The molecular formula is C12H12IN3O3S. The molecule has 2 rings (SSSR count). The maximum Gasteiger partial charge on any atom is 0.313 e. The van der Waals surface area contributed by atoms with Crippen molar-refractivity contribution < 1.29 is 14.7 Å². The van der Waals surface area contributed by atoms with Gasteiger partial charge in [0.25, 0.3) is 0 Å². The van der Waals surface area contributed by atoms with E-state index in [1.807, 2.05) is 18.2 Å². The van der Waals surface area contributed by atoms with Crippen LogP contribution in [0.3, 0.4) is 0 Å². The summed E-state index contributed by atoms with van der Waals surface area (Å²) in [5.41, 5.74) is 6.85. The number of imidazole rings is 1. The molecule has 1 atom stereocenters. The number of carboxylic acids is 1. The number of hydrogen-bond acceptors (Lipinski definition) is 4. The third-order valence-electron chi connectivity index (χ3n) is 2.74. The van der Waals surface area contributed by atoms with Gasteiger partial charge in [0.15, 0.2) is 5.16 Å². The van der Waals surface area contributed by atoms with Crippen molar-refractivity contribution >= 4 is 57.3 Å². The van der Waals surface area contributed by atoms with Crippen molar-refractivity contribution in [3.05, 3.63) is 21.8 Å². The Bertz CT molecular complexity index is 686. The Morgan fingerprint density at radius 3 is 2.85 bits per heavy atom. The number of carbonyl (C=O) groups excluding carboxylic acids is 1. The van der Waals surface area contributed by atoms with Crippen LogP contribution in [0.5, 0.6) is 0 Å². The van der Waals surface area contributed by atoms with Gasteiger partial charge in [-0.1, -0.05) is 11.8 Å². The fraction of sp³-hybridized carbons (Fsp3) is 0.250. The van der Waals surface area contributed by atoms with Crippen LogP contribution in [0.1, 0.15) is 13.0 Å². The van der Waals surface area contributed by atoms with Gasteiger partial charge in [0.2, 0.25) is 5.91 Å². The molecule has 8 heteroatoms. The maximum absolute atomic E-state index is 11.4. The molecule has 0 saturated heterocycles. The number of aromatic nitrogens is 2. The molecule has 3 N–H and O–H groups in total.